The Bertz CT molecular complexity index is 1160. The fourth-order valence-corrected chi connectivity index (χ4v) is 3.24. The van der Waals surface area contributed by atoms with Gasteiger partial charge in [-0.2, -0.15) is 0 Å². The van der Waals surface area contributed by atoms with Gasteiger partial charge in [0, 0.05) is 29.1 Å². The van der Waals surface area contributed by atoms with Gasteiger partial charge >= 0.3 is 6.09 Å². The molecule has 1 fully saturated rings. The smallest absolute Gasteiger partial charge is 0.408 e. The minimum absolute atomic E-state index is 0.0547. The number of nitrogens with one attached hydrogen (secondary N) is 1. The number of hydrogen-bond acceptors (Lipinski definition) is 3. The van der Waals surface area contributed by atoms with Crippen LogP contribution in [0.5, 0.6) is 0 Å². The molecule has 1 N–H and O–H groups in total. The average molecular weight is 411 g/mol. The molecule has 1 aliphatic heterocycles. The van der Waals surface area contributed by atoms with Gasteiger partial charge < -0.3 is 10.1 Å². The van der Waals surface area contributed by atoms with Crippen molar-refractivity contribution in [2.24, 2.45) is 0 Å². The summed E-state index contributed by atoms with van der Waals surface area (Å²) in [6, 6.07) is 11.9. The second-order valence-electron chi connectivity index (χ2n) is 6.33. The van der Waals surface area contributed by atoms with E-state index >= 15 is 0 Å². The number of benzene rings is 2. The molecular formula is C22H13ClF2N2O2. The van der Waals surface area contributed by atoms with Crippen molar-refractivity contribution in [2.45, 2.75) is 12.1 Å². The first-order valence-electron chi connectivity index (χ1n) is 8.65. The number of rotatable bonds is 2. The van der Waals surface area contributed by atoms with Gasteiger partial charge in [-0.15, -0.1) is 0 Å². The fraction of sp³-hybridized carbons (Fsp3) is 0.0909. The molecule has 0 saturated carbocycles. The van der Waals surface area contributed by atoms with E-state index in [9.17, 15) is 13.6 Å². The Morgan fingerprint density at radius 3 is 2.72 bits per heavy atom. The van der Waals surface area contributed by atoms with E-state index in [0.717, 1.165) is 6.07 Å². The molecule has 7 heteroatoms. The third-order valence-electron chi connectivity index (χ3n) is 4.43. The van der Waals surface area contributed by atoms with Crippen LogP contribution in [0.15, 0.2) is 60.9 Å². The highest BCUT2D eigenvalue weighted by Crippen LogP contribution is 2.38. The second kappa shape index (κ2) is 7.90. The minimum Gasteiger partial charge on any atom is -0.439 e. The number of hydrogen-bond donors (Lipinski definition) is 1. The number of carbonyl (C=O) groups excluding carboxylic acids is 1. The summed E-state index contributed by atoms with van der Waals surface area (Å²) in [7, 11) is 0. The van der Waals surface area contributed by atoms with Crippen molar-refractivity contribution in [3.05, 3.63) is 99.8 Å². The number of alkyl carbamates (subject to hydrolysis) is 1. The van der Waals surface area contributed by atoms with Crippen molar-refractivity contribution in [3.8, 4) is 11.8 Å². The summed E-state index contributed by atoms with van der Waals surface area (Å²) >= 11 is 6.11. The molecule has 2 atom stereocenters. The fourth-order valence-electron chi connectivity index (χ4n) is 3.06. The SMILES string of the molecule is O=C1N[C@H](c2cncc(C#Cc3ccccc3Cl)c2)[C@@H](c2cccc(F)c2F)O1. The Hall–Kier alpha value is -3.43. The lowest BCUT2D eigenvalue weighted by molar-refractivity contribution is 0.129. The van der Waals surface area contributed by atoms with E-state index in [-0.39, 0.29) is 5.56 Å². The first kappa shape index (κ1) is 18.9. The van der Waals surface area contributed by atoms with Crippen LogP contribution in [-0.2, 0) is 4.74 Å². The average Bonchev–Trinajstić information content (AvgIpc) is 3.11. The van der Waals surface area contributed by atoms with Crippen molar-refractivity contribution >= 4 is 17.7 Å². The Morgan fingerprint density at radius 1 is 1.07 bits per heavy atom. The lowest BCUT2D eigenvalue weighted by Gasteiger charge is -2.18. The highest BCUT2D eigenvalue weighted by atomic mass is 35.5. The van der Waals surface area contributed by atoms with E-state index < -0.39 is 29.9 Å². The van der Waals surface area contributed by atoms with Crippen LogP contribution in [-0.4, -0.2) is 11.1 Å². The molecule has 29 heavy (non-hydrogen) atoms. The summed E-state index contributed by atoms with van der Waals surface area (Å²) in [4.78, 5) is 16.0. The Morgan fingerprint density at radius 2 is 1.90 bits per heavy atom. The number of pyridine rings is 1. The van der Waals surface area contributed by atoms with Crippen molar-refractivity contribution in [1.29, 1.82) is 0 Å². The van der Waals surface area contributed by atoms with Gasteiger partial charge in [-0.3, -0.25) is 4.98 Å². The molecule has 0 radical (unpaired) electrons. The van der Waals surface area contributed by atoms with Gasteiger partial charge in [0.05, 0.1) is 5.02 Å². The predicted octanol–water partition coefficient (Wildman–Crippen LogP) is 4.94. The molecule has 1 aliphatic rings. The quantitative estimate of drug-likeness (QED) is 0.609. The zero-order valence-corrected chi connectivity index (χ0v) is 15.6. The van der Waals surface area contributed by atoms with Crippen molar-refractivity contribution in [2.75, 3.05) is 0 Å². The van der Waals surface area contributed by atoms with E-state index in [1.54, 1.807) is 24.4 Å². The van der Waals surface area contributed by atoms with E-state index in [1.807, 2.05) is 12.1 Å². The molecule has 1 aromatic heterocycles. The molecule has 3 aromatic rings. The zero-order valence-electron chi connectivity index (χ0n) is 14.8. The van der Waals surface area contributed by atoms with Crippen LogP contribution in [0.1, 0.15) is 34.4 Å². The summed E-state index contributed by atoms with van der Waals surface area (Å²) in [6.07, 6.45) is 1.32. The summed E-state index contributed by atoms with van der Waals surface area (Å²) in [5.74, 6) is 3.87. The molecule has 0 aliphatic carbocycles. The largest absolute Gasteiger partial charge is 0.439 e. The zero-order chi connectivity index (χ0) is 20.4. The van der Waals surface area contributed by atoms with Gasteiger partial charge in [0.1, 0.15) is 6.04 Å². The van der Waals surface area contributed by atoms with Gasteiger partial charge in [-0.1, -0.05) is 47.7 Å². The molecule has 1 amide bonds. The molecule has 4 rings (SSSR count). The van der Waals surface area contributed by atoms with Crippen LogP contribution >= 0.6 is 11.6 Å². The number of aromatic nitrogens is 1. The first-order valence-corrected chi connectivity index (χ1v) is 9.03. The number of nitrogens with zero attached hydrogens (tertiary/aromatic N) is 1. The van der Waals surface area contributed by atoms with Crippen LogP contribution in [0.2, 0.25) is 5.02 Å². The van der Waals surface area contributed by atoms with E-state index in [0.29, 0.717) is 21.7 Å². The summed E-state index contributed by atoms with van der Waals surface area (Å²) in [5, 5.41) is 3.15. The van der Waals surface area contributed by atoms with E-state index in [1.165, 1.54) is 18.3 Å². The molecule has 0 unspecified atom stereocenters. The maximum atomic E-state index is 14.3. The van der Waals surface area contributed by atoms with Gasteiger partial charge in [0.15, 0.2) is 17.7 Å². The summed E-state index contributed by atoms with van der Waals surface area (Å²) < 4.78 is 33.1. The maximum Gasteiger partial charge on any atom is 0.408 e. The number of carbonyl (C=O) groups is 1. The molecule has 4 nitrogen and oxygen atoms in total. The van der Waals surface area contributed by atoms with E-state index in [2.05, 4.69) is 22.1 Å². The Balaban J connectivity index is 1.67. The van der Waals surface area contributed by atoms with Crippen LogP contribution in [0, 0.1) is 23.5 Å². The molecule has 144 valence electrons. The highest BCUT2D eigenvalue weighted by Gasteiger charge is 2.38. The number of ether oxygens (including phenoxy) is 1. The van der Waals surface area contributed by atoms with Crippen LogP contribution in [0.4, 0.5) is 13.6 Å². The lowest BCUT2D eigenvalue weighted by Crippen LogP contribution is -2.20. The molecular weight excluding hydrogens is 398 g/mol. The molecule has 0 spiro atoms. The van der Waals surface area contributed by atoms with Crippen molar-refractivity contribution in [1.82, 2.24) is 10.3 Å². The number of halogens is 3. The highest BCUT2D eigenvalue weighted by molar-refractivity contribution is 6.31. The van der Waals surface area contributed by atoms with E-state index in [4.69, 9.17) is 16.3 Å². The first-order chi connectivity index (χ1) is 14.0. The van der Waals surface area contributed by atoms with Crippen LogP contribution in [0.25, 0.3) is 0 Å². The molecule has 2 aromatic carbocycles. The monoisotopic (exact) mass is 410 g/mol. The van der Waals surface area contributed by atoms with Crippen molar-refractivity contribution in [3.63, 3.8) is 0 Å². The number of amides is 1. The number of cyclic esters (lactones) is 1. The standard InChI is InChI=1S/C22H13ClF2N2O2/c23-17-6-2-1-4-14(17)9-8-13-10-15(12-26-11-13)20-21(29-22(28)27-20)16-5-3-7-18(24)19(16)25/h1-7,10-12,20-21H,(H,27,28)/t20-,21-/m1/s1. The third-order valence-corrected chi connectivity index (χ3v) is 4.76. The molecule has 2 heterocycles. The second-order valence-corrected chi connectivity index (χ2v) is 6.73. The van der Waals surface area contributed by atoms with Gasteiger partial charge in [0.2, 0.25) is 0 Å². The van der Waals surface area contributed by atoms with Gasteiger partial charge in [-0.05, 0) is 29.8 Å². The van der Waals surface area contributed by atoms with Gasteiger partial charge in [0.25, 0.3) is 0 Å². The summed E-state index contributed by atoms with van der Waals surface area (Å²) in [6.45, 7) is 0. The lowest BCUT2D eigenvalue weighted by atomic mass is 9.96. The third kappa shape index (κ3) is 3.91. The minimum atomic E-state index is -1.05. The maximum absolute atomic E-state index is 14.3. The predicted molar refractivity (Wildman–Crippen MR) is 103 cm³/mol. The summed E-state index contributed by atoms with van der Waals surface area (Å²) in [5.41, 5.74) is 1.73. The normalized spacial score (nSPS) is 17.8. The van der Waals surface area contributed by atoms with Crippen LogP contribution < -0.4 is 5.32 Å². The molecule has 1 saturated heterocycles. The molecule has 0 bridgehead atoms. The Labute approximate surface area is 170 Å². The Kier molecular flexibility index (Phi) is 5.15. The van der Waals surface area contributed by atoms with Gasteiger partial charge in [-0.25, -0.2) is 13.6 Å². The van der Waals surface area contributed by atoms with Crippen LogP contribution in [0.3, 0.4) is 0 Å². The van der Waals surface area contributed by atoms with Crippen molar-refractivity contribution < 1.29 is 18.3 Å². The topological polar surface area (TPSA) is 51.2 Å².